The van der Waals surface area contributed by atoms with Gasteiger partial charge in [-0.2, -0.15) is 0 Å². The highest BCUT2D eigenvalue weighted by Crippen LogP contribution is 2.39. The van der Waals surface area contributed by atoms with Gasteiger partial charge in [0, 0.05) is 24.9 Å². The summed E-state index contributed by atoms with van der Waals surface area (Å²) in [5.41, 5.74) is 1.95. The van der Waals surface area contributed by atoms with E-state index < -0.39 is 11.4 Å². The predicted octanol–water partition coefficient (Wildman–Crippen LogP) is 3.06. The molecule has 1 saturated carbocycles. The largest absolute Gasteiger partial charge is 0.379 e. The zero-order chi connectivity index (χ0) is 25.3. The van der Waals surface area contributed by atoms with E-state index in [1.165, 1.54) is 6.33 Å². The van der Waals surface area contributed by atoms with Gasteiger partial charge in [-0.3, -0.25) is 14.4 Å². The fourth-order valence-electron chi connectivity index (χ4n) is 4.57. The monoisotopic (exact) mass is 481 g/mol. The summed E-state index contributed by atoms with van der Waals surface area (Å²) in [4.78, 5) is 46.1. The number of hydrogen-bond acceptors (Lipinski definition) is 5. The normalized spacial score (nSPS) is 19.6. The molecule has 1 aromatic heterocycles. The minimum absolute atomic E-state index is 0.0129. The highest BCUT2D eigenvalue weighted by molar-refractivity contribution is 6.12. The maximum Gasteiger partial charge on any atom is 0.276 e. The molecule has 0 radical (unpaired) electrons. The molecule has 9 nitrogen and oxygen atoms in total. The van der Waals surface area contributed by atoms with Crippen molar-refractivity contribution in [2.24, 2.45) is 0 Å². The van der Waals surface area contributed by atoms with Gasteiger partial charge in [0.1, 0.15) is 11.2 Å². The van der Waals surface area contributed by atoms with Gasteiger partial charge >= 0.3 is 0 Å². The quantitative estimate of drug-likeness (QED) is 0.536. The predicted molar refractivity (Wildman–Crippen MR) is 132 cm³/mol. The van der Waals surface area contributed by atoms with Gasteiger partial charge in [-0.25, -0.2) is 4.98 Å². The fourth-order valence-corrected chi connectivity index (χ4v) is 4.57. The molecule has 0 bridgehead atoms. The van der Waals surface area contributed by atoms with Crippen molar-refractivity contribution >= 4 is 23.4 Å². The van der Waals surface area contributed by atoms with Gasteiger partial charge in [-0.15, -0.1) is 0 Å². The second-order valence-corrected chi connectivity index (χ2v) is 9.98. The number of aromatic nitrogens is 2. The molecule has 0 spiro atoms. The molecule has 35 heavy (non-hydrogen) atoms. The molecule has 2 aromatic rings. The summed E-state index contributed by atoms with van der Waals surface area (Å²) in [6.45, 7) is 10.9. The van der Waals surface area contributed by atoms with Gasteiger partial charge in [0.2, 0.25) is 5.91 Å². The number of amides is 3. The number of anilines is 1. The average Bonchev–Trinajstić information content (AvgIpc) is 3.54. The zero-order valence-electron chi connectivity index (χ0n) is 21.2. The lowest BCUT2D eigenvalue weighted by molar-refractivity contribution is -0.133. The summed E-state index contributed by atoms with van der Waals surface area (Å²) in [7, 11) is 0. The molecule has 0 saturated heterocycles. The fraction of sp³-hybridized carbons (Fsp3) is 0.538. The number of fused-ring (bicyclic) bond motifs is 1. The lowest BCUT2D eigenvalue weighted by atomic mass is 9.94. The first kappa shape index (κ1) is 24.9. The van der Waals surface area contributed by atoms with Gasteiger partial charge in [0.15, 0.2) is 5.69 Å². The number of ether oxygens (including phenoxy) is 1. The topological polar surface area (TPSA) is 106 Å². The van der Waals surface area contributed by atoms with Crippen molar-refractivity contribution in [2.75, 3.05) is 18.5 Å². The second-order valence-electron chi connectivity index (χ2n) is 9.98. The second kappa shape index (κ2) is 9.81. The maximum atomic E-state index is 13.7. The summed E-state index contributed by atoms with van der Waals surface area (Å²) in [5.74, 6) is -0.971. The third-order valence-electron chi connectivity index (χ3n) is 6.80. The molecule has 2 heterocycles. The lowest BCUT2D eigenvalue weighted by Crippen LogP contribution is -2.64. The molecule has 9 heteroatoms. The first-order valence-electron chi connectivity index (χ1n) is 12.3. The number of nitrogens with one attached hydrogen (secondary N) is 2. The van der Waals surface area contributed by atoms with Gasteiger partial charge in [0.05, 0.1) is 19.0 Å². The standard InChI is InChI=1S/C26H35N5O4/c1-16(2)35-13-7-12-27-25(34)26(5)14-30-15-28-21(22(30)24(33)31(26)19-10-11-19)23(32)29-20-9-6-8-17(3)18(20)4/h6,8-9,15-16,19H,7,10-14H2,1-5H3,(H,27,34)(H,29,32)/t26-/m1/s1. The Labute approximate surface area is 206 Å². The van der Waals surface area contributed by atoms with Crippen LogP contribution in [0.25, 0.3) is 0 Å². The molecule has 188 valence electrons. The Morgan fingerprint density at radius 1 is 1.26 bits per heavy atom. The van der Waals surface area contributed by atoms with Crippen molar-refractivity contribution in [1.82, 2.24) is 19.8 Å². The van der Waals surface area contributed by atoms with Crippen LogP contribution >= 0.6 is 0 Å². The summed E-state index contributed by atoms with van der Waals surface area (Å²) in [6.07, 6.45) is 4.00. The molecule has 1 aromatic carbocycles. The van der Waals surface area contributed by atoms with E-state index in [0.717, 1.165) is 24.0 Å². The number of benzene rings is 1. The van der Waals surface area contributed by atoms with Crippen LogP contribution in [0.1, 0.15) is 72.1 Å². The number of aryl methyl sites for hydroxylation is 1. The third kappa shape index (κ3) is 4.96. The summed E-state index contributed by atoms with van der Waals surface area (Å²) in [6, 6.07) is 5.67. The molecule has 1 fully saturated rings. The molecule has 1 aliphatic carbocycles. The van der Waals surface area contributed by atoms with E-state index >= 15 is 0 Å². The first-order chi connectivity index (χ1) is 16.6. The smallest absolute Gasteiger partial charge is 0.276 e. The number of carbonyl (C=O) groups excluding carboxylic acids is 3. The van der Waals surface area contributed by atoms with Crippen molar-refractivity contribution in [3.05, 3.63) is 47.0 Å². The molecular formula is C26H35N5O4. The van der Waals surface area contributed by atoms with Crippen molar-refractivity contribution in [3.63, 3.8) is 0 Å². The summed E-state index contributed by atoms with van der Waals surface area (Å²) >= 11 is 0. The van der Waals surface area contributed by atoms with Crippen LogP contribution < -0.4 is 10.6 Å². The van der Waals surface area contributed by atoms with Crippen LogP contribution in [0.3, 0.4) is 0 Å². The van der Waals surface area contributed by atoms with Crippen molar-refractivity contribution in [2.45, 2.75) is 78.1 Å². The van der Waals surface area contributed by atoms with Gasteiger partial charge in [0.25, 0.3) is 11.8 Å². The summed E-state index contributed by atoms with van der Waals surface area (Å²) < 4.78 is 7.18. The Balaban J connectivity index is 1.54. The lowest BCUT2D eigenvalue weighted by Gasteiger charge is -2.44. The van der Waals surface area contributed by atoms with Gasteiger partial charge < -0.3 is 24.8 Å². The van der Waals surface area contributed by atoms with Crippen LogP contribution in [-0.2, 0) is 16.1 Å². The Morgan fingerprint density at radius 3 is 2.69 bits per heavy atom. The van der Waals surface area contributed by atoms with E-state index in [-0.39, 0.29) is 41.9 Å². The van der Waals surface area contributed by atoms with Crippen LogP contribution in [-0.4, -0.2) is 63.0 Å². The van der Waals surface area contributed by atoms with Crippen LogP contribution in [0, 0.1) is 13.8 Å². The SMILES string of the molecule is Cc1cccc(NC(=O)c2ncn3c2C(=O)N(C2CC2)[C@@](C)(C(=O)NCCCOC(C)C)C3)c1C. The third-order valence-corrected chi connectivity index (χ3v) is 6.80. The van der Waals surface area contributed by atoms with E-state index in [0.29, 0.717) is 25.3 Å². The Morgan fingerprint density at radius 2 is 2.00 bits per heavy atom. The van der Waals surface area contributed by atoms with Gasteiger partial charge in [-0.05, 0) is 71.1 Å². The Kier molecular flexibility index (Phi) is 6.98. The number of imidazole rings is 1. The number of carbonyl (C=O) groups is 3. The zero-order valence-corrected chi connectivity index (χ0v) is 21.2. The van der Waals surface area contributed by atoms with E-state index in [1.54, 1.807) is 16.4 Å². The van der Waals surface area contributed by atoms with Crippen molar-refractivity contribution < 1.29 is 19.1 Å². The van der Waals surface area contributed by atoms with E-state index in [4.69, 9.17) is 4.74 Å². The van der Waals surface area contributed by atoms with Gasteiger partial charge in [-0.1, -0.05) is 12.1 Å². The van der Waals surface area contributed by atoms with Crippen LogP contribution in [0.2, 0.25) is 0 Å². The molecule has 3 amide bonds. The van der Waals surface area contributed by atoms with Crippen molar-refractivity contribution in [3.8, 4) is 0 Å². The Hall–Kier alpha value is -3.20. The number of hydrogen-bond donors (Lipinski definition) is 2. The van der Waals surface area contributed by atoms with E-state index in [2.05, 4.69) is 15.6 Å². The number of rotatable bonds is 9. The highest BCUT2D eigenvalue weighted by Gasteiger charge is 2.53. The molecular weight excluding hydrogens is 446 g/mol. The van der Waals surface area contributed by atoms with E-state index in [1.807, 2.05) is 45.9 Å². The number of nitrogens with zero attached hydrogens (tertiary/aromatic N) is 3. The van der Waals surface area contributed by atoms with E-state index in [9.17, 15) is 14.4 Å². The minimum atomic E-state index is -1.06. The van der Waals surface area contributed by atoms with Crippen molar-refractivity contribution in [1.29, 1.82) is 0 Å². The molecule has 4 rings (SSSR count). The molecule has 0 unspecified atom stereocenters. The summed E-state index contributed by atoms with van der Waals surface area (Å²) in [5, 5.41) is 5.88. The average molecular weight is 482 g/mol. The maximum absolute atomic E-state index is 13.7. The molecule has 1 aliphatic heterocycles. The highest BCUT2D eigenvalue weighted by atomic mass is 16.5. The minimum Gasteiger partial charge on any atom is -0.379 e. The molecule has 2 N–H and O–H groups in total. The van der Waals surface area contributed by atoms with Crippen LogP contribution in [0.4, 0.5) is 5.69 Å². The van der Waals surface area contributed by atoms with Crippen LogP contribution in [0.15, 0.2) is 24.5 Å². The van der Waals surface area contributed by atoms with Crippen LogP contribution in [0.5, 0.6) is 0 Å². The first-order valence-corrected chi connectivity index (χ1v) is 12.3. The Bertz CT molecular complexity index is 1140. The molecule has 2 aliphatic rings. The molecule has 1 atom stereocenters.